The van der Waals surface area contributed by atoms with Gasteiger partial charge in [-0.25, -0.2) is 0 Å². The Morgan fingerprint density at radius 3 is 2.39 bits per heavy atom. The SMILES string of the molecule is CCNC(=NCCCCN(CC)CC)NCCc1ccccc1. The lowest BCUT2D eigenvalue weighted by Gasteiger charge is -2.17. The predicted octanol–water partition coefficient (Wildman–Crippen LogP) is 2.91. The van der Waals surface area contributed by atoms with Crippen LogP contribution in [0.5, 0.6) is 0 Å². The summed E-state index contributed by atoms with van der Waals surface area (Å²) in [5, 5.41) is 6.74. The third-order valence-electron chi connectivity index (χ3n) is 3.94. The number of aliphatic imine (C=N–C) groups is 1. The Hall–Kier alpha value is -1.55. The van der Waals surface area contributed by atoms with E-state index >= 15 is 0 Å². The van der Waals surface area contributed by atoms with Gasteiger partial charge in [-0.1, -0.05) is 44.2 Å². The van der Waals surface area contributed by atoms with Crippen molar-refractivity contribution >= 4 is 5.96 Å². The molecule has 0 atom stereocenters. The molecule has 1 aromatic rings. The molecule has 0 radical (unpaired) electrons. The van der Waals surface area contributed by atoms with Gasteiger partial charge in [0.25, 0.3) is 0 Å². The maximum Gasteiger partial charge on any atom is 0.191 e. The number of hydrogen-bond acceptors (Lipinski definition) is 2. The summed E-state index contributed by atoms with van der Waals surface area (Å²) in [7, 11) is 0. The number of hydrogen-bond donors (Lipinski definition) is 2. The third-order valence-corrected chi connectivity index (χ3v) is 3.94. The highest BCUT2D eigenvalue weighted by Gasteiger charge is 1.99. The van der Waals surface area contributed by atoms with Crippen LogP contribution in [0.25, 0.3) is 0 Å². The van der Waals surface area contributed by atoms with Gasteiger partial charge in [-0.2, -0.15) is 0 Å². The first-order valence-corrected chi connectivity index (χ1v) is 9.08. The minimum Gasteiger partial charge on any atom is -0.357 e. The first kappa shape index (κ1) is 19.5. The van der Waals surface area contributed by atoms with Crippen LogP contribution in [-0.2, 0) is 6.42 Å². The molecular weight excluding hydrogens is 284 g/mol. The summed E-state index contributed by atoms with van der Waals surface area (Å²) in [5.41, 5.74) is 1.36. The van der Waals surface area contributed by atoms with E-state index in [0.717, 1.165) is 51.5 Å². The monoisotopic (exact) mass is 318 g/mol. The molecule has 0 spiro atoms. The van der Waals surface area contributed by atoms with Crippen molar-refractivity contribution in [2.45, 2.75) is 40.0 Å². The Bertz CT molecular complexity index is 413. The van der Waals surface area contributed by atoms with Gasteiger partial charge < -0.3 is 15.5 Å². The summed E-state index contributed by atoms with van der Waals surface area (Å²) in [6.07, 6.45) is 3.38. The first-order valence-electron chi connectivity index (χ1n) is 9.08. The predicted molar refractivity (Wildman–Crippen MR) is 101 cm³/mol. The third kappa shape index (κ3) is 9.24. The zero-order valence-corrected chi connectivity index (χ0v) is 15.1. The van der Waals surface area contributed by atoms with Gasteiger partial charge in [0.15, 0.2) is 5.96 Å². The summed E-state index contributed by atoms with van der Waals surface area (Å²) >= 11 is 0. The minimum atomic E-state index is 0.891. The summed E-state index contributed by atoms with van der Waals surface area (Å²) in [5.74, 6) is 0.936. The Morgan fingerprint density at radius 2 is 1.74 bits per heavy atom. The van der Waals surface area contributed by atoms with E-state index in [4.69, 9.17) is 0 Å². The summed E-state index contributed by atoms with van der Waals surface area (Å²) in [6, 6.07) is 10.6. The van der Waals surface area contributed by atoms with Crippen molar-refractivity contribution < 1.29 is 0 Å². The molecule has 0 saturated heterocycles. The molecule has 130 valence electrons. The molecule has 0 fully saturated rings. The summed E-state index contributed by atoms with van der Waals surface area (Å²) < 4.78 is 0. The molecule has 0 aliphatic heterocycles. The number of rotatable bonds is 11. The molecule has 0 aliphatic rings. The van der Waals surface area contributed by atoms with E-state index in [1.54, 1.807) is 0 Å². The van der Waals surface area contributed by atoms with Crippen LogP contribution in [0.3, 0.4) is 0 Å². The van der Waals surface area contributed by atoms with Crippen LogP contribution < -0.4 is 10.6 Å². The van der Waals surface area contributed by atoms with Gasteiger partial charge in [-0.05, 0) is 51.4 Å². The van der Waals surface area contributed by atoms with Crippen LogP contribution >= 0.6 is 0 Å². The van der Waals surface area contributed by atoms with E-state index in [1.807, 2.05) is 0 Å². The molecule has 1 rings (SSSR count). The zero-order chi connectivity index (χ0) is 16.8. The van der Waals surface area contributed by atoms with E-state index in [9.17, 15) is 0 Å². The van der Waals surface area contributed by atoms with E-state index in [1.165, 1.54) is 18.5 Å². The van der Waals surface area contributed by atoms with E-state index in [-0.39, 0.29) is 0 Å². The Morgan fingerprint density at radius 1 is 1.00 bits per heavy atom. The van der Waals surface area contributed by atoms with Gasteiger partial charge in [0, 0.05) is 19.6 Å². The van der Waals surface area contributed by atoms with Crippen LogP contribution in [0.2, 0.25) is 0 Å². The van der Waals surface area contributed by atoms with Crippen molar-refractivity contribution in [3.8, 4) is 0 Å². The molecular formula is C19H34N4. The Balaban J connectivity index is 2.24. The van der Waals surface area contributed by atoms with Crippen LogP contribution in [0.4, 0.5) is 0 Å². The molecule has 0 bridgehead atoms. The van der Waals surface area contributed by atoms with Gasteiger partial charge in [0.1, 0.15) is 0 Å². The van der Waals surface area contributed by atoms with Crippen LogP contribution in [-0.4, -0.2) is 50.1 Å². The normalized spacial score (nSPS) is 11.7. The summed E-state index contributed by atoms with van der Waals surface area (Å²) in [6.45, 7) is 12.7. The smallest absolute Gasteiger partial charge is 0.191 e. The van der Waals surface area contributed by atoms with Crippen LogP contribution in [0.1, 0.15) is 39.2 Å². The molecule has 0 aromatic heterocycles. The molecule has 2 N–H and O–H groups in total. The molecule has 23 heavy (non-hydrogen) atoms. The van der Waals surface area contributed by atoms with Crippen molar-refractivity contribution in [1.82, 2.24) is 15.5 Å². The number of nitrogens with zero attached hydrogens (tertiary/aromatic N) is 2. The molecule has 0 amide bonds. The van der Waals surface area contributed by atoms with Crippen molar-refractivity contribution in [2.24, 2.45) is 4.99 Å². The molecule has 0 unspecified atom stereocenters. The lowest BCUT2D eigenvalue weighted by molar-refractivity contribution is 0.297. The lowest BCUT2D eigenvalue weighted by Crippen LogP contribution is -2.38. The van der Waals surface area contributed by atoms with Gasteiger partial charge in [-0.3, -0.25) is 4.99 Å². The summed E-state index contributed by atoms with van der Waals surface area (Å²) in [4.78, 5) is 7.13. The topological polar surface area (TPSA) is 39.7 Å². The number of benzene rings is 1. The zero-order valence-electron chi connectivity index (χ0n) is 15.1. The quantitative estimate of drug-likeness (QED) is 0.374. The Kier molecular flexibility index (Phi) is 11.0. The van der Waals surface area contributed by atoms with Crippen molar-refractivity contribution in [3.63, 3.8) is 0 Å². The van der Waals surface area contributed by atoms with Crippen molar-refractivity contribution in [2.75, 3.05) is 39.3 Å². The fraction of sp³-hybridized carbons (Fsp3) is 0.632. The van der Waals surface area contributed by atoms with Crippen LogP contribution in [0.15, 0.2) is 35.3 Å². The number of unbranched alkanes of at least 4 members (excludes halogenated alkanes) is 1. The average Bonchev–Trinajstić information content (AvgIpc) is 2.59. The van der Waals surface area contributed by atoms with Gasteiger partial charge in [0.05, 0.1) is 0 Å². The van der Waals surface area contributed by atoms with Crippen molar-refractivity contribution in [1.29, 1.82) is 0 Å². The highest BCUT2D eigenvalue weighted by molar-refractivity contribution is 5.79. The van der Waals surface area contributed by atoms with E-state index < -0.39 is 0 Å². The maximum atomic E-state index is 4.67. The highest BCUT2D eigenvalue weighted by atomic mass is 15.2. The maximum absolute atomic E-state index is 4.67. The molecule has 0 saturated carbocycles. The fourth-order valence-electron chi connectivity index (χ4n) is 2.49. The molecule has 1 aromatic carbocycles. The highest BCUT2D eigenvalue weighted by Crippen LogP contribution is 1.98. The second kappa shape index (κ2) is 12.9. The standard InChI is InChI=1S/C19H34N4/c1-4-20-19(21-15-10-11-17-23(5-2)6-3)22-16-14-18-12-8-7-9-13-18/h7-9,12-13H,4-6,10-11,14-17H2,1-3H3,(H2,20,21,22). The fourth-order valence-corrected chi connectivity index (χ4v) is 2.49. The number of guanidine groups is 1. The van der Waals surface area contributed by atoms with Gasteiger partial charge >= 0.3 is 0 Å². The van der Waals surface area contributed by atoms with Gasteiger partial charge in [-0.15, -0.1) is 0 Å². The Labute approximate surface area is 142 Å². The second-order valence-corrected chi connectivity index (χ2v) is 5.66. The largest absolute Gasteiger partial charge is 0.357 e. The molecule has 0 heterocycles. The van der Waals surface area contributed by atoms with Gasteiger partial charge in [0.2, 0.25) is 0 Å². The molecule has 4 nitrogen and oxygen atoms in total. The number of nitrogens with one attached hydrogen (secondary N) is 2. The minimum absolute atomic E-state index is 0.891. The molecule has 0 aliphatic carbocycles. The first-order chi connectivity index (χ1) is 11.3. The van der Waals surface area contributed by atoms with E-state index in [0.29, 0.717) is 0 Å². The van der Waals surface area contributed by atoms with Crippen LogP contribution in [0, 0.1) is 0 Å². The average molecular weight is 319 g/mol. The van der Waals surface area contributed by atoms with Crippen molar-refractivity contribution in [3.05, 3.63) is 35.9 Å². The molecule has 4 heteroatoms. The van der Waals surface area contributed by atoms with E-state index in [2.05, 4.69) is 71.6 Å². The second-order valence-electron chi connectivity index (χ2n) is 5.66. The lowest BCUT2D eigenvalue weighted by atomic mass is 10.1.